The van der Waals surface area contributed by atoms with E-state index in [1.165, 1.54) is 12.1 Å². The van der Waals surface area contributed by atoms with Gasteiger partial charge in [0.25, 0.3) is 0 Å². The maximum absolute atomic E-state index is 13.7. The molecule has 0 aromatic heterocycles. The Morgan fingerprint density at radius 3 is 2.52 bits per heavy atom. The second-order valence-corrected chi connectivity index (χ2v) is 6.27. The zero-order valence-corrected chi connectivity index (χ0v) is 11.9. The van der Waals surface area contributed by atoms with Crippen LogP contribution in [0.5, 0.6) is 0 Å². The zero-order valence-electron chi connectivity index (χ0n) is 11.2. The van der Waals surface area contributed by atoms with Gasteiger partial charge in [-0.05, 0) is 49.3 Å². The Balaban J connectivity index is 1.80. The number of nitrogens with one attached hydrogen (secondary N) is 1. The number of carboxylic acid groups (broad SMARTS) is 1. The number of aliphatic carboxylic acids is 1. The lowest BCUT2D eigenvalue weighted by atomic mass is 9.78. The topological polar surface area (TPSA) is 66.4 Å². The summed E-state index contributed by atoms with van der Waals surface area (Å²) in [6.07, 6.45) is 2.51. The van der Waals surface area contributed by atoms with Gasteiger partial charge in [0.05, 0.1) is 17.5 Å². The van der Waals surface area contributed by atoms with Crippen molar-refractivity contribution in [2.45, 2.75) is 19.3 Å². The van der Waals surface area contributed by atoms with Crippen molar-refractivity contribution in [1.29, 1.82) is 0 Å². The molecule has 2 N–H and O–H groups in total. The molecule has 6 heteroatoms. The van der Waals surface area contributed by atoms with Gasteiger partial charge in [-0.25, -0.2) is 4.39 Å². The highest BCUT2D eigenvalue weighted by atomic mass is 35.5. The fourth-order valence-corrected chi connectivity index (χ4v) is 3.99. The number of carboxylic acids is 1. The molecule has 0 heterocycles. The fraction of sp³-hybridized carbons (Fsp3) is 0.467. The van der Waals surface area contributed by atoms with Gasteiger partial charge in [-0.3, -0.25) is 9.59 Å². The Kier molecular flexibility index (Phi) is 3.61. The number of carbonyl (C=O) groups is 2. The first-order valence-corrected chi connectivity index (χ1v) is 7.34. The molecule has 0 saturated heterocycles. The summed E-state index contributed by atoms with van der Waals surface area (Å²) in [4.78, 5) is 23.8. The van der Waals surface area contributed by atoms with E-state index in [-0.39, 0.29) is 22.5 Å². The van der Waals surface area contributed by atoms with E-state index in [0.29, 0.717) is 0 Å². The average Bonchev–Trinajstić information content (AvgIpc) is 3.02. The molecule has 1 amide bonds. The molecule has 4 atom stereocenters. The number of amides is 1. The molecular weight excluding hydrogens is 297 g/mol. The van der Waals surface area contributed by atoms with Crippen LogP contribution < -0.4 is 5.32 Å². The van der Waals surface area contributed by atoms with E-state index in [0.717, 1.165) is 25.3 Å². The van der Waals surface area contributed by atoms with E-state index in [4.69, 9.17) is 11.6 Å². The van der Waals surface area contributed by atoms with Gasteiger partial charge < -0.3 is 10.4 Å². The van der Waals surface area contributed by atoms with Crippen molar-refractivity contribution in [2.75, 3.05) is 5.32 Å². The van der Waals surface area contributed by atoms with Gasteiger partial charge >= 0.3 is 5.97 Å². The van der Waals surface area contributed by atoms with Crippen LogP contribution in [0.3, 0.4) is 0 Å². The Morgan fingerprint density at radius 1 is 1.24 bits per heavy atom. The molecule has 0 spiro atoms. The third kappa shape index (κ3) is 2.50. The highest BCUT2D eigenvalue weighted by Gasteiger charge is 2.54. The summed E-state index contributed by atoms with van der Waals surface area (Å²) in [5, 5.41) is 12.1. The Bertz CT molecular complexity index is 607. The first kappa shape index (κ1) is 14.3. The number of benzene rings is 1. The third-order valence-corrected chi connectivity index (χ3v) is 4.93. The average molecular weight is 312 g/mol. The Labute approximate surface area is 126 Å². The third-order valence-electron chi connectivity index (χ3n) is 4.69. The summed E-state index contributed by atoms with van der Waals surface area (Å²) in [6, 6.07) is 3.99. The van der Waals surface area contributed by atoms with E-state index < -0.39 is 29.5 Å². The molecular formula is C15H15ClFNO3. The molecule has 0 unspecified atom stereocenters. The van der Waals surface area contributed by atoms with Crippen LogP contribution in [0.15, 0.2) is 18.2 Å². The lowest BCUT2D eigenvalue weighted by Gasteiger charge is -2.27. The number of hydrogen-bond donors (Lipinski definition) is 2. The van der Waals surface area contributed by atoms with Crippen LogP contribution in [0.4, 0.5) is 10.1 Å². The van der Waals surface area contributed by atoms with Gasteiger partial charge in [-0.15, -0.1) is 0 Å². The molecule has 1 aromatic rings. The second kappa shape index (κ2) is 5.30. The van der Waals surface area contributed by atoms with Crippen LogP contribution in [-0.4, -0.2) is 17.0 Å². The van der Waals surface area contributed by atoms with Crippen LogP contribution >= 0.6 is 11.6 Å². The van der Waals surface area contributed by atoms with E-state index in [2.05, 4.69) is 5.32 Å². The normalized spacial score (nSPS) is 30.4. The number of hydrogen-bond acceptors (Lipinski definition) is 2. The Hall–Kier alpha value is -1.62. The van der Waals surface area contributed by atoms with Crippen LogP contribution in [0.1, 0.15) is 19.3 Å². The maximum Gasteiger partial charge on any atom is 0.307 e. The highest BCUT2D eigenvalue weighted by Crippen LogP contribution is 2.52. The standard InChI is InChI=1S/C15H15ClFNO3/c16-9-3-4-11(10(17)6-9)18-14(19)12-7-1-2-8(5-7)13(12)15(20)21/h3-4,6-8,12-13H,1-2,5H2,(H,18,19)(H,20,21)/t7-,8-,12-,13-/m0/s1. The largest absolute Gasteiger partial charge is 0.481 e. The minimum absolute atomic E-state index is 0.0383. The summed E-state index contributed by atoms with van der Waals surface area (Å²) >= 11 is 5.67. The molecule has 21 heavy (non-hydrogen) atoms. The van der Waals surface area contributed by atoms with Crippen LogP contribution in [0.2, 0.25) is 5.02 Å². The SMILES string of the molecule is O=C(O)[C@H]1[C@H]2CC[C@@H](C2)[C@@H]1C(=O)Nc1ccc(Cl)cc1F. The second-order valence-electron chi connectivity index (χ2n) is 5.84. The summed E-state index contributed by atoms with van der Waals surface area (Å²) < 4.78 is 13.7. The van der Waals surface area contributed by atoms with Gasteiger partial charge in [0.2, 0.25) is 5.91 Å². The van der Waals surface area contributed by atoms with Gasteiger partial charge in [0, 0.05) is 5.02 Å². The monoisotopic (exact) mass is 311 g/mol. The maximum atomic E-state index is 13.7. The smallest absolute Gasteiger partial charge is 0.307 e. The van der Waals surface area contributed by atoms with Crippen molar-refractivity contribution in [2.24, 2.45) is 23.7 Å². The van der Waals surface area contributed by atoms with Crippen LogP contribution in [0, 0.1) is 29.5 Å². The minimum Gasteiger partial charge on any atom is -0.481 e. The van der Waals surface area contributed by atoms with Gasteiger partial charge in [-0.2, -0.15) is 0 Å². The number of fused-ring (bicyclic) bond motifs is 2. The van der Waals surface area contributed by atoms with E-state index in [1.54, 1.807) is 0 Å². The number of anilines is 1. The van der Waals surface area contributed by atoms with Crippen molar-refractivity contribution in [3.63, 3.8) is 0 Å². The van der Waals surface area contributed by atoms with E-state index >= 15 is 0 Å². The predicted octanol–water partition coefficient (Wildman–Crippen LogP) is 3.16. The molecule has 0 radical (unpaired) electrons. The van der Waals surface area contributed by atoms with Crippen LogP contribution in [0.25, 0.3) is 0 Å². The predicted molar refractivity (Wildman–Crippen MR) is 75.5 cm³/mol. The number of carbonyl (C=O) groups excluding carboxylic acids is 1. The molecule has 112 valence electrons. The molecule has 2 bridgehead atoms. The first-order valence-electron chi connectivity index (χ1n) is 6.96. The fourth-order valence-electron chi connectivity index (χ4n) is 3.83. The summed E-state index contributed by atoms with van der Waals surface area (Å²) in [6.45, 7) is 0. The molecule has 2 aliphatic carbocycles. The van der Waals surface area contributed by atoms with Crippen molar-refractivity contribution < 1.29 is 19.1 Å². The number of rotatable bonds is 3. The number of halogens is 2. The molecule has 3 rings (SSSR count). The van der Waals surface area contributed by atoms with Crippen molar-refractivity contribution in [3.8, 4) is 0 Å². The molecule has 2 saturated carbocycles. The quantitative estimate of drug-likeness (QED) is 0.901. The zero-order chi connectivity index (χ0) is 15.1. The first-order chi connectivity index (χ1) is 9.97. The minimum atomic E-state index is -0.932. The molecule has 2 aliphatic rings. The van der Waals surface area contributed by atoms with Crippen molar-refractivity contribution >= 4 is 29.2 Å². The molecule has 1 aromatic carbocycles. The van der Waals surface area contributed by atoms with Crippen molar-refractivity contribution in [1.82, 2.24) is 0 Å². The molecule has 4 nitrogen and oxygen atoms in total. The highest BCUT2D eigenvalue weighted by molar-refractivity contribution is 6.30. The summed E-state index contributed by atoms with van der Waals surface area (Å²) in [7, 11) is 0. The lowest BCUT2D eigenvalue weighted by molar-refractivity contribution is -0.148. The van der Waals surface area contributed by atoms with E-state index in [9.17, 15) is 19.1 Å². The van der Waals surface area contributed by atoms with Gasteiger partial charge in [-0.1, -0.05) is 11.6 Å². The van der Waals surface area contributed by atoms with Gasteiger partial charge in [0.1, 0.15) is 5.82 Å². The summed E-state index contributed by atoms with van der Waals surface area (Å²) in [5.41, 5.74) is 0.0383. The van der Waals surface area contributed by atoms with E-state index in [1.807, 2.05) is 0 Å². The summed E-state index contributed by atoms with van der Waals surface area (Å²) in [5.74, 6) is -3.03. The Morgan fingerprint density at radius 2 is 1.90 bits per heavy atom. The van der Waals surface area contributed by atoms with Crippen molar-refractivity contribution in [3.05, 3.63) is 29.0 Å². The lowest BCUT2D eigenvalue weighted by Crippen LogP contribution is -2.38. The van der Waals surface area contributed by atoms with Gasteiger partial charge in [0.15, 0.2) is 0 Å². The molecule has 2 fully saturated rings. The molecule has 0 aliphatic heterocycles. The van der Waals surface area contributed by atoms with Crippen LogP contribution in [-0.2, 0) is 9.59 Å².